The van der Waals surface area contributed by atoms with Crippen LogP contribution in [0, 0.1) is 0 Å². The van der Waals surface area contributed by atoms with Crippen LogP contribution in [0.1, 0.15) is 5.82 Å². The lowest BCUT2D eigenvalue weighted by Crippen LogP contribution is -1.82. The van der Waals surface area contributed by atoms with Crippen molar-refractivity contribution >= 4 is 11.6 Å². The summed E-state index contributed by atoms with van der Waals surface area (Å²) in [5.74, 6) is 0.715. The molecule has 9 heavy (non-hydrogen) atoms. The van der Waals surface area contributed by atoms with Gasteiger partial charge in [-0.05, 0) is 10.4 Å². The maximum absolute atomic E-state index is 5.26. The molecule has 0 bridgehead atoms. The molecule has 4 nitrogen and oxygen atoms in total. The Hall–Kier alpha value is -0.900. The second kappa shape index (κ2) is 3.19. The van der Waals surface area contributed by atoms with E-state index in [1.807, 2.05) is 0 Å². The Kier molecular flexibility index (Phi) is 2.21. The summed E-state index contributed by atoms with van der Waals surface area (Å²) >= 11 is 5.26. The molecule has 48 valence electrons. The molecular formula is C4H5ClN4. The van der Waals surface area contributed by atoms with Crippen molar-refractivity contribution in [3.05, 3.63) is 17.4 Å². The highest BCUT2D eigenvalue weighted by Crippen LogP contribution is 1.88. The molecule has 1 aromatic rings. The van der Waals surface area contributed by atoms with Gasteiger partial charge in [0.1, 0.15) is 0 Å². The van der Waals surface area contributed by atoms with Gasteiger partial charge in [-0.1, -0.05) is 17.7 Å². The van der Waals surface area contributed by atoms with Crippen molar-refractivity contribution in [2.24, 2.45) is 0 Å². The summed E-state index contributed by atoms with van der Waals surface area (Å²) in [7, 11) is 0. The average molecular weight is 145 g/mol. The average Bonchev–Trinajstić information content (AvgIpc) is 2.34. The molecule has 0 radical (unpaired) electrons. The van der Waals surface area contributed by atoms with Gasteiger partial charge in [-0.2, -0.15) is 0 Å². The second-order valence-electron chi connectivity index (χ2n) is 1.41. The molecule has 0 amide bonds. The maximum Gasteiger partial charge on any atom is 0.152 e. The molecule has 1 heterocycles. The van der Waals surface area contributed by atoms with Crippen LogP contribution < -0.4 is 0 Å². The summed E-state index contributed by atoms with van der Waals surface area (Å²) in [5, 5.41) is 13.0. The van der Waals surface area contributed by atoms with Crippen molar-refractivity contribution in [1.82, 2.24) is 20.6 Å². The van der Waals surface area contributed by atoms with Crippen LogP contribution in [0.3, 0.4) is 0 Å². The molecule has 0 aliphatic rings. The van der Waals surface area contributed by atoms with E-state index in [4.69, 9.17) is 11.6 Å². The zero-order chi connectivity index (χ0) is 6.53. The number of aromatic nitrogens is 4. The van der Waals surface area contributed by atoms with Crippen molar-refractivity contribution < 1.29 is 0 Å². The van der Waals surface area contributed by atoms with E-state index in [9.17, 15) is 0 Å². The van der Waals surface area contributed by atoms with Gasteiger partial charge in [0.25, 0.3) is 0 Å². The highest BCUT2D eigenvalue weighted by atomic mass is 35.5. The topological polar surface area (TPSA) is 54.5 Å². The third kappa shape index (κ3) is 1.81. The molecule has 0 spiro atoms. The zero-order valence-electron chi connectivity index (χ0n) is 4.58. The minimum atomic E-state index is 0.649. The number of rotatable bonds is 2. The number of tetrazole rings is 1. The molecule has 0 aromatic carbocycles. The Balaban J connectivity index is 2.48. The first kappa shape index (κ1) is 6.22. The Morgan fingerprint density at radius 1 is 1.67 bits per heavy atom. The van der Waals surface area contributed by atoms with Gasteiger partial charge in [-0.15, -0.1) is 5.10 Å². The fraction of sp³-hybridized carbons (Fsp3) is 0.250. The summed E-state index contributed by atoms with van der Waals surface area (Å²) in [6.45, 7) is 0. The molecule has 0 saturated carbocycles. The third-order valence-corrected chi connectivity index (χ3v) is 0.968. The van der Waals surface area contributed by atoms with Crippen molar-refractivity contribution in [3.8, 4) is 0 Å². The first-order valence-corrected chi connectivity index (χ1v) is 2.85. The zero-order valence-corrected chi connectivity index (χ0v) is 5.34. The number of nitrogens with zero attached hydrogens (tertiary/aromatic N) is 3. The first-order valence-electron chi connectivity index (χ1n) is 2.41. The molecule has 0 aliphatic heterocycles. The van der Waals surface area contributed by atoms with Gasteiger partial charge in [-0.3, -0.25) is 0 Å². The van der Waals surface area contributed by atoms with Crippen LogP contribution in [0.2, 0.25) is 0 Å². The predicted octanol–water partition coefficient (Wildman–Crippen LogP) is 0.495. The molecule has 0 unspecified atom stereocenters. The van der Waals surface area contributed by atoms with Crippen LogP contribution in [0.25, 0.3) is 0 Å². The van der Waals surface area contributed by atoms with Crippen molar-refractivity contribution in [1.29, 1.82) is 0 Å². The first-order chi connectivity index (χ1) is 4.43. The smallest absolute Gasteiger partial charge is 0.152 e. The lowest BCUT2D eigenvalue weighted by atomic mass is 10.4. The molecule has 0 fully saturated rings. The highest BCUT2D eigenvalue weighted by molar-refractivity contribution is 6.25. The summed E-state index contributed by atoms with van der Waals surface area (Å²) < 4.78 is 0. The van der Waals surface area contributed by atoms with Crippen molar-refractivity contribution in [3.63, 3.8) is 0 Å². The predicted molar refractivity (Wildman–Crippen MR) is 32.9 cm³/mol. The minimum absolute atomic E-state index is 0.649. The number of hydrogen-bond donors (Lipinski definition) is 1. The van der Waals surface area contributed by atoms with Gasteiger partial charge < -0.3 is 0 Å². The summed E-state index contributed by atoms with van der Waals surface area (Å²) in [4.78, 5) is 0. The Morgan fingerprint density at radius 2 is 2.56 bits per heavy atom. The summed E-state index contributed by atoms with van der Waals surface area (Å²) in [6.07, 6.45) is 2.40. The van der Waals surface area contributed by atoms with Crippen molar-refractivity contribution in [2.75, 3.05) is 0 Å². The van der Waals surface area contributed by atoms with E-state index in [1.54, 1.807) is 6.08 Å². The number of halogens is 1. The number of H-pyrrole nitrogens is 1. The molecule has 1 aromatic heterocycles. The van der Waals surface area contributed by atoms with Gasteiger partial charge in [-0.25, -0.2) is 5.10 Å². The summed E-state index contributed by atoms with van der Waals surface area (Å²) in [5.41, 5.74) is 1.43. The standard InChI is InChI=1S/C4H5ClN4/c5-3-1-2-4-6-8-9-7-4/h1,3H,2H2,(H,6,7,8,9). The van der Waals surface area contributed by atoms with Crippen molar-refractivity contribution in [2.45, 2.75) is 6.42 Å². The number of nitrogens with one attached hydrogen (secondary N) is 1. The Labute approximate surface area is 56.9 Å². The molecule has 1 rings (SSSR count). The Morgan fingerprint density at radius 3 is 3.11 bits per heavy atom. The van der Waals surface area contributed by atoms with Gasteiger partial charge in [0.2, 0.25) is 0 Å². The van der Waals surface area contributed by atoms with Crippen LogP contribution in [-0.2, 0) is 6.42 Å². The van der Waals surface area contributed by atoms with Gasteiger partial charge in [0.05, 0.1) is 0 Å². The number of hydrogen-bond acceptors (Lipinski definition) is 3. The van der Waals surface area contributed by atoms with E-state index in [0.29, 0.717) is 12.2 Å². The lowest BCUT2D eigenvalue weighted by molar-refractivity contribution is 0.881. The number of aromatic amines is 1. The monoisotopic (exact) mass is 144 g/mol. The Bertz CT molecular complexity index is 180. The SMILES string of the molecule is ClC=CCc1nnn[nH]1. The van der Waals surface area contributed by atoms with Crippen LogP contribution in [-0.4, -0.2) is 20.6 Å². The normalized spacial score (nSPS) is 10.8. The molecule has 0 saturated heterocycles. The van der Waals surface area contributed by atoms with E-state index in [2.05, 4.69) is 20.6 Å². The maximum atomic E-state index is 5.26. The molecule has 1 N–H and O–H groups in total. The third-order valence-electron chi connectivity index (χ3n) is 0.789. The molecule has 0 aliphatic carbocycles. The highest BCUT2D eigenvalue weighted by Gasteiger charge is 1.89. The van der Waals surface area contributed by atoms with E-state index in [1.165, 1.54) is 5.54 Å². The van der Waals surface area contributed by atoms with Gasteiger partial charge >= 0.3 is 0 Å². The molecular weight excluding hydrogens is 140 g/mol. The van der Waals surface area contributed by atoms with E-state index in [0.717, 1.165) is 0 Å². The molecule has 5 heteroatoms. The minimum Gasteiger partial charge on any atom is -0.243 e. The fourth-order valence-corrected chi connectivity index (χ4v) is 0.511. The second-order valence-corrected chi connectivity index (χ2v) is 1.67. The lowest BCUT2D eigenvalue weighted by Gasteiger charge is -1.79. The van der Waals surface area contributed by atoms with Crippen LogP contribution in [0.4, 0.5) is 0 Å². The fourth-order valence-electron chi connectivity index (χ4n) is 0.421. The van der Waals surface area contributed by atoms with Crippen LogP contribution in [0.5, 0.6) is 0 Å². The van der Waals surface area contributed by atoms with E-state index < -0.39 is 0 Å². The van der Waals surface area contributed by atoms with Crippen LogP contribution in [0.15, 0.2) is 11.6 Å². The molecule has 0 atom stereocenters. The van der Waals surface area contributed by atoms with E-state index >= 15 is 0 Å². The van der Waals surface area contributed by atoms with Gasteiger partial charge in [0, 0.05) is 12.0 Å². The van der Waals surface area contributed by atoms with E-state index in [-0.39, 0.29) is 0 Å². The number of allylic oxidation sites excluding steroid dienone is 1. The quantitative estimate of drug-likeness (QED) is 0.658. The largest absolute Gasteiger partial charge is 0.243 e. The summed E-state index contributed by atoms with van der Waals surface area (Å²) in [6, 6.07) is 0. The van der Waals surface area contributed by atoms with Crippen LogP contribution >= 0.6 is 11.6 Å². The van der Waals surface area contributed by atoms with Gasteiger partial charge in [0.15, 0.2) is 5.82 Å².